The molecular formula is C15H25N3. The summed E-state index contributed by atoms with van der Waals surface area (Å²) in [7, 11) is 0. The lowest BCUT2D eigenvalue weighted by Gasteiger charge is -2.25. The average Bonchev–Trinajstić information content (AvgIpc) is 2.90. The molecule has 1 aliphatic heterocycles. The molecule has 0 amide bonds. The predicted molar refractivity (Wildman–Crippen MR) is 75.7 cm³/mol. The maximum atomic E-state index is 4.07. The summed E-state index contributed by atoms with van der Waals surface area (Å²) >= 11 is 0. The molecule has 0 aromatic carbocycles. The summed E-state index contributed by atoms with van der Waals surface area (Å²) < 4.78 is 0. The zero-order valence-corrected chi connectivity index (χ0v) is 11.4. The molecule has 0 saturated carbocycles. The number of rotatable bonds is 7. The van der Waals surface area contributed by atoms with Gasteiger partial charge < -0.3 is 10.2 Å². The molecule has 0 aliphatic carbocycles. The van der Waals surface area contributed by atoms with Gasteiger partial charge >= 0.3 is 0 Å². The smallest absolute Gasteiger partial charge is 0.0270 e. The van der Waals surface area contributed by atoms with E-state index >= 15 is 0 Å². The third-order valence-electron chi connectivity index (χ3n) is 3.65. The van der Waals surface area contributed by atoms with Crippen molar-refractivity contribution in [1.82, 2.24) is 15.2 Å². The highest BCUT2D eigenvalue weighted by Gasteiger charge is 2.17. The van der Waals surface area contributed by atoms with E-state index in [4.69, 9.17) is 0 Å². The van der Waals surface area contributed by atoms with Gasteiger partial charge in [-0.2, -0.15) is 0 Å². The minimum atomic E-state index is 0.717. The Bertz CT molecular complexity index is 320. The Morgan fingerprint density at radius 1 is 1.33 bits per heavy atom. The van der Waals surface area contributed by atoms with E-state index in [1.165, 1.54) is 44.5 Å². The van der Waals surface area contributed by atoms with Gasteiger partial charge in [-0.3, -0.25) is 4.98 Å². The van der Waals surface area contributed by atoms with Crippen LogP contribution in [0, 0.1) is 0 Å². The van der Waals surface area contributed by atoms with E-state index in [0.717, 1.165) is 13.0 Å². The fourth-order valence-electron chi connectivity index (χ4n) is 2.67. The molecule has 1 aliphatic rings. The van der Waals surface area contributed by atoms with Gasteiger partial charge in [0.1, 0.15) is 0 Å². The van der Waals surface area contributed by atoms with Crippen LogP contribution in [0.5, 0.6) is 0 Å². The maximum absolute atomic E-state index is 4.07. The van der Waals surface area contributed by atoms with Crippen molar-refractivity contribution in [3.8, 4) is 0 Å². The van der Waals surface area contributed by atoms with Crippen LogP contribution in [-0.2, 0) is 6.42 Å². The number of hydrogen-bond donors (Lipinski definition) is 1. The zero-order valence-electron chi connectivity index (χ0n) is 11.4. The van der Waals surface area contributed by atoms with E-state index in [9.17, 15) is 0 Å². The minimum Gasteiger partial charge on any atom is -0.313 e. The molecule has 2 rings (SSSR count). The molecule has 3 heteroatoms. The van der Waals surface area contributed by atoms with Gasteiger partial charge in [-0.25, -0.2) is 0 Å². The first kappa shape index (κ1) is 13.5. The Kier molecular flexibility index (Phi) is 5.62. The van der Waals surface area contributed by atoms with E-state index < -0.39 is 0 Å². The lowest BCUT2D eigenvalue weighted by Crippen LogP contribution is -2.39. The Balaban J connectivity index is 1.78. The number of pyridine rings is 1. The van der Waals surface area contributed by atoms with Gasteiger partial charge in [0.2, 0.25) is 0 Å². The quantitative estimate of drug-likeness (QED) is 0.799. The molecular weight excluding hydrogens is 222 g/mol. The van der Waals surface area contributed by atoms with Gasteiger partial charge in [0.05, 0.1) is 0 Å². The highest BCUT2D eigenvalue weighted by molar-refractivity contribution is 5.09. The number of nitrogens with zero attached hydrogens (tertiary/aromatic N) is 2. The first-order chi connectivity index (χ1) is 8.88. The zero-order chi connectivity index (χ0) is 12.6. The monoisotopic (exact) mass is 247 g/mol. The first-order valence-electron chi connectivity index (χ1n) is 7.23. The van der Waals surface area contributed by atoms with Crippen LogP contribution >= 0.6 is 0 Å². The van der Waals surface area contributed by atoms with Gasteiger partial charge in [-0.15, -0.1) is 0 Å². The summed E-state index contributed by atoms with van der Waals surface area (Å²) in [4.78, 5) is 6.67. The Labute approximate surface area is 111 Å². The van der Waals surface area contributed by atoms with E-state index in [0.29, 0.717) is 6.04 Å². The van der Waals surface area contributed by atoms with E-state index in [1.807, 2.05) is 12.4 Å². The molecule has 1 unspecified atom stereocenters. The van der Waals surface area contributed by atoms with E-state index in [2.05, 4.69) is 34.3 Å². The molecule has 18 heavy (non-hydrogen) atoms. The molecule has 1 N–H and O–H groups in total. The van der Waals surface area contributed by atoms with Crippen LogP contribution in [-0.4, -0.2) is 42.1 Å². The van der Waals surface area contributed by atoms with Crippen molar-refractivity contribution in [1.29, 1.82) is 0 Å². The molecule has 0 bridgehead atoms. The van der Waals surface area contributed by atoms with Crippen LogP contribution in [0.15, 0.2) is 24.5 Å². The van der Waals surface area contributed by atoms with Crippen LogP contribution in [0.1, 0.15) is 31.7 Å². The summed E-state index contributed by atoms with van der Waals surface area (Å²) in [5.41, 5.74) is 1.39. The summed E-state index contributed by atoms with van der Waals surface area (Å²) in [6, 6.07) is 4.96. The minimum absolute atomic E-state index is 0.717. The van der Waals surface area contributed by atoms with Crippen molar-refractivity contribution >= 4 is 0 Å². The fourth-order valence-corrected chi connectivity index (χ4v) is 2.67. The molecule has 1 aromatic rings. The third-order valence-corrected chi connectivity index (χ3v) is 3.65. The van der Waals surface area contributed by atoms with Crippen molar-refractivity contribution in [3.05, 3.63) is 30.1 Å². The van der Waals surface area contributed by atoms with Crippen molar-refractivity contribution < 1.29 is 0 Å². The van der Waals surface area contributed by atoms with E-state index in [-0.39, 0.29) is 0 Å². The summed E-state index contributed by atoms with van der Waals surface area (Å²) in [6.07, 6.45) is 8.83. The molecule has 1 saturated heterocycles. The number of hydrogen-bond acceptors (Lipinski definition) is 3. The third kappa shape index (κ3) is 4.39. The van der Waals surface area contributed by atoms with Gasteiger partial charge in [-0.1, -0.05) is 6.92 Å². The van der Waals surface area contributed by atoms with Crippen molar-refractivity contribution in [2.45, 2.75) is 38.6 Å². The van der Waals surface area contributed by atoms with Crippen molar-refractivity contribution in [2.24, 2.45) is 0 Å². The SMILES string of the molecule is CCCN(CCc1ccncc1)CC1CCCN1. The Morgan fingerprint density at radius 3 is 2.83 bits per heavy atom. The molecule has 1 atom stereocenters. The van der Waals surface area contributed by atoms with E-state index in [1.54, 1.807) is 0 Å². The van der Waals surface area contributed by atoms with Crippen LogP contribution in [0.2, 0.25) is 0 Å². The summed E-state index contributed by atoms with van der Waals surface area (Å²) in [6.45, 7) is 7.05. The van der Waals surface area contributed by atoms with Crippen LogP contribution in [0.4, 0.5) is 0 Å². The molecule has 3 nitrogen and oxygen atoms in total. The van der Waals surface area contributed by atoms with Crippen LogP contribution in [0.25, 0.3) is 0 Å². The Hall–Kier alpha value is -0.930. The summed E-state index contributed by atoms with van der Waals surface area (Å²) in [5, 5.41) is 3.59. The molecule has 100 valence electrons. The predicted octanol–water partition coefficient (Wildman–Crippen LogP) is 2.09. The topological polar surface area (TPSA) is 28.2 Å². The largest absolute Gasteiger partial charge is 0.313 e. The van der Waals surface area contributed by atoms with Gasteiger partial charge in [0.15, 0.2) is 0 Å². The van der Waals surface area contributed by atoms with Gasteiger partial charge in [0, 0.05) is 31.5 Å². The Morgan fingerprint density at radius 2 is 2.17 bits per heavy atom. The summed E-state index contributed by atoms with van der Waals surface area (Å²) in [5.74, 6) is 0. The maximum Gasteiger partial charge on any atom is 0.0270 e. The first-order valence-corrected chi connectivity index (χ1v) is 7.23. The number of aromatic nitrogens is 1. The highest BCUT2D eigenvalue weighted by Crippen LogP contribution is 2.08. The van der Waals surface area contributed by atoms with Gasteiger partial charge in [-0.05, 0) is 56.5 Å². The van der Waals surface area contributed by atoms with Gasteiger partial charge in [0.25, 0.3) is 0 Å². The molecule has 0 spiro atoms. The second-order valence-electron chi connectivity index (χ2n) is 5.20. The second-order valence-corrected chi connectivity index (χ2v) is 5.20. The molecule has 1 aromatic heterocycles. The fraction of sp³-hybridized carbons (Fsp3) is 0.667. The highest BCUT2D eigenvalue weighted by atomic mass is 15.1. The molecule has 0 radical (unpaired) electrons. The van der Waals surface area contributed by atoms with Crippen LogP contribution < -0.4 is 5.32 Å². The standard InChI is InChI=1S/C15H25N3/c1-2-11-18(13-15-4-3-8-17-15)12-7-14-5-9-16-10-6-14/h5-6,9-10,15,17H,2-4,7-8,11-13H2,1H3. The van der Waals surface area contributed by atoms with Crippen molar-refractivity contribution in [2.75, 3.05) is 26.2 Å². The molecule has 2 heterocycles. The van der Waals surface area contributed by atoms with Crippen molar-refractivity contribution in [3.63, 3.8) is 0 Å². The second kappa shape index (κ2) is 7.49. The normalized spacial score (nSPS) is 19.6. The molecule has 1 fully saturated rings. The van der Waals surface area contributed by atoms with Crippen LogP contribution in [0.3, 0.4) is 0 Å². The lowest BCUT2D eigenvalue weighted by atomic mass is 10.1. The average molecular weight is 247 g/mol. The number of nitrogens with one attached hydrogen (secondary N) is 1. The lowest BCUT2D eigenvalue weighted by molar-refractivity contribution is 0.252.